The minimum atomic E-state index is -1.40. The van der Waals surface area contributed by atoms with Crippen molar-refractivity contribution in [2.45, 2.75) is 12.1 Å². The van der Waals surface area contributed by atoms with Crippen LogP contribution in [0.3, 0.4) is 0 Å². The minimum absolute atomic E-state index is 0. The SMILES string of the molecule is NC(C(=O)C(O)CO)c1ccccc1.O. The summed E-state index contributed by atoms with van der Waals surface area (Å²) in [5.74, 6) is -0.571. The second-order valence-corrected chi connectivity index (χ2v) is 2.99. The molecule has 0 aliphatic rings. The van der Waals surface area contributed by atoms with Crippen molar-refractivity contribution >= 4 is 5.78 Å². The Kier molecular flexibility index (Phi) is 5.73. The van der Waals surface area contributed by atoms with Gasteiger partial charge in [0.2, 0.25) is 0 Å². The molecule has 0 aliphatic carbocycles. The second kappa shape index (κ2) is 6.26. The summed E-state index contributed by atoms with van der Waals surface area (Å²) in [5.41, 5.74) is 6.22. The van der Waals surface area contributed by atoms with Crippen LogP contribution in [0.15, 0.2) is 30.3 Å². The van der Waals surface area contributed by atoms with E-state index in [1.54, 1.807) is 24.3 Å². The first-order valence-electron chi connectivity index (χ1n) is 4.30. The van der Waals surface area contributed by atoms with E-state index in [4.69, 9.17) is 15.9 Å². The quantitative estimate of drug-likeness (QED) is 0.581. The molecule has 0 fully saturated rings. The Morgan fingerprint density at radius 2 is 1.87 bits per heavy atom. The van der Waals surface area contributed by atoms with E-state index in [-0.39, 0.29) is 5.48 Å². The van der Waals surface area contributed by atoms with Crippen LogP contribution in [0.1, 0.15) is 11.6 Å². The van der Waals surface area contributed by atoms with E-state index >= 15 is 0 Å². The number of carbonyl (C=O) groups is 1. The fraction of sp³-hybridized carbons (Fsp3) is 0.300. The van der Waals surface area contributed by atoms with E-state index in [1.165, 1.54) is 0 Å². The smallest absolute Gasteiger partial charge is 0.184 e. The molecule has 6 N–H and O–H groups in total. The molecular formula is C10H15NO4. The molecule has 0 spiro atoms. The van der Waals surface area contributed by atoms with Gasteiger partial charge >= 0.3 is 0 Å². The number of rotatable bonds is 4. The highest BCUT2D eigenvalue weighted by Gasteiger charge is 2.22. The molecule has 2 unspecified atom stereocenters. The maximum absolute atomic E-state index is 11.3. The average Bonchev–Trinajstić information content (AvgIpc) is 2.27. The fourth-order valence-corrected chi connectivity index (χ4v) is 1.12. The molecule has 1 aromatic rings. The van der Waals surface area contributed by atoms with Crippen molar-refractivity contribution in [2.24, 2.45) is 5.73 Å². The Labute approximate surface area is 87.5 Å². The van der Waals surface area contributed by atoms with E-state index in [0.29, 0.717) is 5.56 Å². The van der Waals surface area contributed by atoms with Crippen LogP contribution in [0, 0.1) is 0 Å². The highest BCUT2D eigenvalue weighted by Crippen LogP contribution is 2.11. The van der Waals surface area contributed by atoms with Crippen LogP contribution in [0.5, 0.6) is 0 Å². The first-order chi connectivity index (χ1) is 6.66. The van der Waals surface area contributed by atoms with Crippen molar-refractivity contribution in [3.63, 3.8) is 0 Å². The molecule has 0 bridgehead atoms. The van der Waals surface area contributed by atoms with Gasteiger partial charge in [-0.25, -0.2) is 0 Å². The summed E-state index contributed by atoms with van der Waals surface area (Å²) in [6.07, 6.45) is -1.40. The lowest BCUT2D eigenvalue weighted by Crippen LogP contribution is -2.34. The number of nitrogens with two attached hydrogens (primary N) is 1. The van der Waals surface area contributed by atoms with Gasteiger partial charge in [-0.15, -0.1) is 0 Å². The van der Waals surface area contributed by atoms with Gasteiger partial charge in [0.25, 0.3) is 0 Å². The van der Waals surface area contributed by atoms with Gasteiger partial charge in [-0.05, 0) is 5.56 Å². The van der Waals surface area contributed by atoms with Gasteiger partial charge in [-0.1, -0.05) is 30.3 Å². The zero-order chi connectivity index (χ0) is 10.6. The zero-order valence-corrected chi connectivity index (χ0v) is 8.13. The molecule has 0 aliphatic heterocycles. The van der Waals surface area contributed by atoms with Crippen LogP contribution in [0.2, 0.25) is 0 Å². The number of aliphatic hydroxyl groups is 2. The molecule has 5 heteroatoms. The van der Waals surface area contributed by atoms with Crippen LogP contribution in [0.4, 0.5) is 0 Å². The van der Waals surface area contributed by atoms with Crippen molar-refractivity contribution in [2.75, 3.05) is 6.61 Å². The minimum Gasteiger partial charge on any atom is -0.412 e. The van der Waals surface area contributed by atoms with Crippen molar-refractivity contribution in [3.8, 4) is 0 Å². The van der Waals surface area contributed by atoms with Crippen LogP contribution in [-0.2, 0) is 4.79 Å². The van der Waals surface area contributed by atoms with E-state index in [0.717, 1.165) is 0 Å². The Morgan fingerprint density at radius 3 is 2.33 bits per heavy atom. The van der Waals surface area contributed by atoms with Gasteiger partial charge in [0, 0.05) is 0 Å². The van der Waals surface area contributed by atoms with E-state index in [9.17, 15) is 4.79 Å². The molecule has 84 valence electrons. The summed E-state index contributed by atoms with van der Waals surface area (Å²) in [5, 5.41) is 17.7. The predicted molar refractivity (Wildman–Crippen MR) is 55.1 cm³/mol. The first-order valence-corrected chi connectivity index (χ1v) is 4.30. The standard InChI is InChI=1S/C10H13NO3.H2O/c11-9(10(14)8(13)6-12)7-4-2-1-3-5-7;/h1-5,8-9,12-13H,6,11H2;1H2. The highest BCUT2D eigenvalue weighted by molar-refractivity contribution is 5.88. The summed E-state index contributed by atoms with van der Waals surface area (Å²) in [6, 6.07) is 7.85. The largest absolute Gasteiger partial charge is 0.412 e. The molecule has 0 saturated carbocycles. The van der Waals surface area contributed by atoms with Crippen molar-refractivity contribution in [3.05, 3.63) is 35.9 Å². The van der Waals surface area contributed by atoms with Crippen molar-refractivity contribution in [1.82, 2.24) is 0 Å². The maximum Gasteiger partial charge on any atom is 0.184 e. The number of aliphatic hydroxyl groups excluding tert-OH is 2. The number of benzene rings is 1. The highest BCUT2D eigenvalue weighted by atomic mass is 16.3. The molecule has 1 aromatic carbocycles. The van der Waals surface area contributed by atoms with Gasteiger partial charge in [-0.3, -0.25) is 4.79 Å². The van der Waals surface area contributed by atoms with Gasteiger partial charge in [-0.2, -0.15) is 0 Å². The summed E-state index contributed by atoms with van der Waals surface area (Å²) in [7, 11) is 0. The van der Waals surface area contributed by atoms with Crippen LogP contribution >= 0.6 is 0 Å². The molecular weight excluding hydrogens is 198 g/mol. The molecule has 0 saturated heterocycles. The summed E-state index contributed by atoms with van der Waals surface area (Å²) in [4.78, 5) is 11.3. The molecule has 0 aromatic heterocycles. The molecule has 5 nitrogen and oxygen atoms in total. The van der Waals surface area contributed by atoms with Gasteiger partial charge in [0.1, 0.15) is 6.10 Å². The number of hydrogen-bond donors (Lipinski definition) is 3. The van der Waals surface area contributed by atoms with Gasteiger partial charge in [0.15, 0.2) is 5.78 Å². The molecule has 0 heterocycles. The normalized spacial score (nSPS) is 13.8. The van der Waals surface area contributed by atoms with Gasteiger partial charge in [0.05, 0.1) is 12.6 Å². The van der Waals surface area contributed by atoms with Crippen LogP contribution in [-0.4, -0.2) is 34.2 Å². The monoisotopic (exact) mass is 213 g/mol. The van der Waals surface area contributed by atoms with E-state index < -0.39 is 24.5 Å². The molecule has 15 heavy (non-hydrogen) atoms. The average molecular weight is 213 g/mol. The second-order valence-electron chi connectivity index (χ2n) is 2.99. The van der Waals surface area contributed by atoms with Crippen LogP contribution in [0.25, 0.3) is 0 Å². The molecule has 1 rings (SSSR count). The lowest BCUT2D eigenvalue weighted by Gasteiger charge is -2.13. The number of hydrogen-bond acceptors (Lipinski definition) is 4. The van der Waals surface area contributed by atoms with E-state index in [1.807, 2.05) is 6.07 Å². The van der Waals surface area contributed by atoms with Crippen molar-refractivity contribution < 1.29 is 20.5 Å². The Balaban J connectivity index is 0.00000196. The fourth-order valence-electron chi connectivity index (χ4n) is 1.12. The van der Waals surface area contributed by atoms with E-state index in [2.05, 4.69) is 0 Å². The van der Waals surface area contributed by atoms with Gasteiger partial charge < -0.3 is 21.4 Å². The number of ketones is 1. The lowest BCUT2D eigenvalue weighted by molar-refractivity contribution is -0.130. The third kappa shape index (κ3) is 3.41. The lowest BCUT2D eigenvalue weighted by atomic mass is 10.0. The van der Waals surface area contributed by atoms with Crippen LogP contribution < -0.4 is 5.73 Å². The Hall–Kier alpha value is -1.27. The number of Topliss-reactive ketones (excluding diaryl/α,β-unsaturated/α-hetero) is 1. The number of carbonyl (C=O) groups excluding carboxylic acids is 1. The first kappa shape index (κ1) is 13.7. The summed E-state index contributed by atoms with van der Waals surface area (Å²) < 4.78 is 0. The summed E-state index contributed by atoms with van der Waals surface area (Å²) >= 11 is 0. The maximum atomic E-state index is 11.3. The third-order valence-corrected chi connectivity index (χ3v) is 1.97. The Bertz CT molecular complexity index is 302. The van der Waals surface area contributed by atoms with Crippen molar-refractivity contribution in [1.29, 1.82) is 0 Å². The molecule has 0 amide bonds. The predicted octanol–water partition coefficient (Wildman–Crippen LogP) is -1.22. The molecule has 0 radical (unpaired) electrons. The molecule has 2 atom stereocenters. The third-order valence-electron chi connectivity index (χ3n) is 1.97. The topological polar surface area (TPSA) is 115 Å². The zero-order valence-electron chi connectivity index (χ0n) is 8.13. The summed E-state index contributed by atoms with van der Waals surface area (Å²) in [6.45, 7) is -0.598. The Morgan fingerprint density at radius 1 is 1.33 bits per heavy atom.